The van der Waals surface area contributed by atoms with Crippen LogP contribution in [-0.4, -0.2) is 25.7 Å². The van der Waals surface area contributed by atoms with E-state index in [9.17, 15) is 4.79 Å². The molecule has 0 bridgehead atoms. The fourth-order valence-corrected chi connectivity index (χ4v) is 2.93. The van der Waals surface area contributed by atoms with E-state index in [0.29, 0.717) is 36.2 Å². The van der Waals surface area contributed by atoms with Gasteiger partial charge in [0.25, 0.3) is 0 Å². The molecule has 0 atom stereocenters. The van der Waals surface area contributed by atoms with Crippen molar-refractivity contribution in [2.75, 3.05) is 0 Å². The predicted octanol–water partition coefficient (Wildman–Crippen LogP) is 3.79. The van der Waals surface area contributed by atoms with Crippen LogP contribution in [0, 0.1) is 12.8 Å². The van der Waals surface area contributed by atoms with Crippen LogP contribution in [0.5, 0.6) is 0 Å². The average Bonchev–Trinajstić information content (AvgIpc) is 3.18. The second-order valence-corrected chi connectivity index (χ2v) is 7.00. The number of ketones is 1. The lowest BCUT2D eigenvalue weighted by Crippen LogP contribution is -2.07. The molecular formula is C20H24N4O2. The highest BCUT2D eigenvalue weighted by Crippen LogP contribution is 2.18. The van der Waals surface area contributed by atoms with Crippen molar-refractivity contribution in [1.82, 2.24) is 19.9 Å². The first-order valence-corrected chi connectivity index (χ1v) is 8.88. The van der Waals surface area contributed by atoms with Crippen molar-refractivity contribution >= 4 is 5.78 Å². The van der Waals surface area contributed by atoms with Gasteiger partial charge in [-0.25, -0.2) is 0 Å². The maximum Gasteiger partial charge on any atom is 0.223 e. The van der Waals surface area contributed by atoms with Gasteiger partial charge >= 0.3 is 0 Å². The highest BCUT2D eigenvalue weighted by Gasteiger charge is 2.14. The molecule has 1 aromatic carbocycles. The number of hydrogen-bond donors (Lipinski definition) is 0. The number of benzene rings is 1. The van der Waals surface area contributed by atoms with Crippen LogP contribution in [0.2, 0.25) is 0 Å². The lowest BCUT2D eigenvalue weighted by molar-refractivity contribution is 0.0973. The smallest absolute Gasteiger partial charge is 0.223 e. The Kier molecular flexibility index (Phi) is 5.30. The Morgan fingerprint density at radius 2 is 1.96 bits per heavy atom. The predicted molar refractivity (Wildman–Crippen MR) is 98.9 cm³/mol. The highest BCUT2D eigenvalue weighted by molar-refractivity contribution is 5.94. The van der Waals surface area contributed by atoms with Gasteiger partial charge in [0.1, 0.15) is 5.69 Å². The van der Waals surface area contributed by atoms with Crippen LogP contribution in [0.1, 0.15) is 47.9 Å². The zero-order chi connectivity index (χ0) is 18.7. The largest absolute Gasteiger partial charge is 0.339 e. The van der Waals surface area contributed by atoms with Gasteiger partial charge in [-0.1, -0.05) is 43.3 Å². The normalized spacial score (nSPS) is 11.3. The summed E-state index contributed by atoms with van der Waals surface area (Å²) in [6.07, 6.45) is 2.04. The molecule has 0 spiro atoms. The Hall–Kier alpha value is -2.76. The van der Waals surface area contributed by atoms with Gasteiger partial charge in [0.15, 0.2) is 5.78 Å². The van der Waals surface area contributed by atoms with E-state index < -0.39 is 0 Å². The Morgan fingerprint density at radius 1 is 1.23 bits per heavy atom. The minimum absolute atomic E-state index is 0.118. The molecule has 2 heterocycles. The Labute approximate surface area is 153 Å². The van der Waals surface area contributed by atoms with Crippen molar-refractivity contribution in [3.63, 3.8) is 0 Å². The molecule has 0 unspecified atom stereocenters. The summed E-state index contributed by atoms with van der Waals surface area (Å²) < 4.78 is 6.70. The quantitative estimate of drug-likeness (QED) is 0.605. The summed E-state index contributed by atoms with van der Waals surface area (Å²) in [7, 11) is 1.83. The van der Waals surface area contributed by atoms with Crippen LogP contribution < -0.4 is 0 Å². The third-order valence-corrected chi connectivity index (χ3v) is 4.21. The second kappa shape index (κ2) is 7.64. The number of nitrogens with zero attached hydrogens (tertiary/aromatic N) is 4. The summed E-state index contributed by atoms with van der Waals surface area (Å²) in [5, 5.41) is 8.36. The van der Waals surface area contributed by atoms with E-state index in [0.717, 1.165) is 23.2 Å². The SMILES string of the molecule is Cc1nc(-c2ccc(CCC(=O)c3cc(CC(C)C)nn3C)cc2)no1. The van der Waals surface area contributed by atoms with E-state index in [1.165, 1.54) is 0 Å². The van der Waals surface area contributed by atoms with Gasteiger partial charge < -0.3 is 4.52 Å². The summed E-state index contributed by atoms with van der Waals surface area (Å²) in [5.41, 5.74) is 3.67. The van der Waals surface area contributed by atoms with Gasteiger partial charge in [-0.05, 0) is 30.4 Å². The summed E-state index contributed by atoms with van der Waals surface area (Å²) in [6.45, 7) is 6.06. The first-order chi connectivity index (χ1) is 12.4. The van der Waals surface area contributed by atoms with Gasteiger partial charge in [0.2, 0.25) is 11.7 Å². The first-order valence-electron chi connectivity index (χ1n) is 8.88. The zero-order valence-electron chi connectivity index (χ0n) is 15.7. The Bertz CT molecular complexity index is 891. The van der Waals surface area contributed by atoms with Crippen molar-refractivity contribution in [2.45, 2.75) is 40.0 Å². The molecule has 136 valence electrons. The molecule has 3 rings (SSSR count). The number of aromatic nitrogens is 4. The van der Waals surface area contributed by atoms with Crippen molar-refractivity contribution in [1.29, 1.82) is 0 Å². The summed E-state index contributed by atoms with van der Waals surface area (Å²) in [5.74, 6) is 1.77. The molecule has 0 aliphatic carbocycles. The van der Waals surface area contributed by atoms with Crippen molar-refractivity contribution < 1.29 is 9.32 Å². The third-order valence-electron chi connectivity index (χ3n) is 4.21. The number of carbonyl (C=O) groups is 1. The van der Waals surface area contributed by atoms with Crippen LogP contribution in [0.15, 0.2) is 34.9 Å². The molecule has 6 nitrogen and oxygen atoms in total. The number of Topliss-reactive ketones (excluding diaryl/α,β-unsaturated/α-hetero) is 1. The molecule has 2 aromatic heterocycles. The molecule has 0 amide bonds. The fourth-order valence-electron chi connectivity index (χ4n) is 2.93. The average molecular weight is 352 g/mol. The number of rotatable bonds is 7. The van der Waals surface area contributed by atoms with Gasteiger partial charge in [-0.2, -0.15) is 10.1 Å². The maximum absolute atomic E-state index is 12.5. The molecule has 0 N–H and O–H groups in total. The van der Waals surface area contributed by atoms with E-state index in [1.807, 2.05) is 37.4 Å². The van der Waals surface area contributed by atoms with E-state index in [4.69, 9.17) is 4.52 Å². The lowest BCUT2D eigenvalue weighted by atomic mass is 10.0. The molecule has 6 heteroatoms. The zero-order valence-corrected chi connectivity index (χ0v) is 15.7. The molecule has 26 heavy (non-hydrogen) atoms. The number of aryl methyl sites for hydroxylation is 3. The minimum atomic E-state index is 0.118. The Morgan fingerprint density at radius 3 is 2.58 bits per heavy atom. The van der Waals surface area contributed by atoms with Crippen LogP contribution in [-0.2, 0) is 19.9 Å². The standard InChI is InChI=1S/C20H24N4O2/c1-13(2)11-17-12-18(24(4)22-17)19(25)10-7-15-5-8-16(9-6-15)20-21-14(3)26-23-20/h5-6,8-9,12-13H,7,10-11H2,1-4H3. The van der Waals surface area contributed by atoms with Crippen LogP contribution >= 0.6 is 0 Å². The number of carbonyl (C=O) groups excluding carboxylic acids is 1. The lowest BCUT2D eigenvalue weighted by Gasteiger charge is -2.03. The van der Waals surface area contributed by atoms with Gasteiger partial charge in [-0.15, -0.1) is 0 Å². The minimum Gasteiger partial charge on any atom is -0.339 e. The van der Waals surface area contributed by atoms with E-state index in [2.05, 4.69) is 29.1 Å². The summed E-state index contributed by atoms with van der Waals surface area (Å²) in [6, 6.07) is 9.83. The second-order valence-electron chi connectivity index (χ2n) is 7.00. The maximum atomic E-state index is 12.5. The van der Waals surface area contributed by atoms with Crippen molar-refractivity contribution in [2.24, 2.45) is 13.0 Å². The van der Waals surface area contributed by atoms with E-state index in [1.54, 1.807) is 11.6 Å². The summed E-state index contributed by atoms with van der Waals surface area (Å²) in [4.78, 5) is 16.8. The van der Waals surface area contributed by atoms with Crippen LogP contribution in [0.4, 0.5) is 0 Å². The van der Waals surface area contributed by atoms with Crippen LogP contribution in [0.3, 0.4) is 0 Å². The third kappa shape index (κ3) is 4.25. The van der Waals surface area contributed by atoms with Crippen LogP contribution in [0.25, 0.3) is 11.4 Å². The molecule has 3 aromatic rings. The van der Waals surface area contributed by atoms with Gasteiger partial charge in [0.05, 0.1) is 5.69 Å². The molecule has 0 radical (unpaired) electrons. The highest BCUT2D eigenvalue weighted by atomic mass is 16.5. The van der Waals surface area contributed by atoms with E-state index >= 15 is 0 Å². The molecule has 0 fully saturated rings. The molecule has 0 saturated heterocycles. The molecular weight excluding hydrogens is 328 g/mol. The van der Waals surface area contributed by atoms with Crippen molar-refractivity contribution in [3.8, 4) is 11.4 Å². The number of hydrogen-bond acceptors (Lipinski definition) is 5. The molecule has 0 saturated carbocycles. The fraction of sp³-hybridized carbons (Fsp3) is 0.400. The molecule has 0 aliphatic heterocycles. The Balaban J connectivity index is 1.62. The first kappa shape index (κ1) is 18.0. The summed E-state index contributed by atoms with van der Waals surface area (Å²) >= 11 is 0. The van der Waals surface area contributed by atoms with E-state index in [-0.39, 0.29) is 5.78 Å². The van der Waals surface area contributed by atoms with Gasteiger partial charge in [0, 0.05) is 26.0 Å². The molecule has 0 aliphatic rings. The van der Waals surface area contributed by atoms with Crippen molar-refractivity contribution in [3.05, 3.63) is 53.2 Å². The monoisotopic (exact) mass is 352 g/mol. The topological polar surface area (TPSA) is 73.8 Å². The van der Waals surface area contributed by atoms with Gasteiger partial charge in [-0.3, -0.25) is 9.48 Å².